The van der Waals surface area contributed by atoms with Crippen molar-refractivity contribution in [1.82, 2.24) is 0 Å². The number of carbonyl (C=O) groups excluding carboxylic acids is 1. The molecule has 1 N–H and O–H groups in total. The minimum Gasteiger partial charge on any atom is -0.495 e. The molecule has 0 atom stereocenters. The van der Waals surface area contributed by atoms with E-state index in [9.17, 15) is 4.79 Å². The number of halogens is 2. The molecule has 3 nitrogen and oxygen atoms in total. The summed E-state index contributed by atoms with van der Waals surface area (Å²) in [6.45, 7) is 4.58. The average molecular weight is 290 g/mol. The molecule has 1 aliphatic rings. The Morgan fingerprint density at radius 2 is 2.11 bits per heavy atom. The molecular weight excluding hydrogens is 273 g/mol. The number of ether oxygens (including phenoxy) is 1. The van der Waals surface area contributed by atoms with E-state index in [1.165, 1.54) is 0 Å². The van der Waals surface area contributed by atoms with E-state index in [0.717, 1.165) is 28.8 Å². The van der Waals surface area contributed by atoms with Crippen LogP contribution in [0.3, 0.4) is 0 Å². The summed E-state index contributed by atoms with van der Waals surface area (Å²) in [5.74, 6) is 0.850. The monoisotopic (exact) mass is 289 g/mol. The zero-order valence-corrected chi connectivity index (χ0v) is 12.3. The number of benzene rings is 1. The largest absolute Gasteiger partial charge is 0.495 e. The van der Waals surface area contributed by atoms with Gasteiger partial charge in [-0.25, -0.2) is 0 Å². The zero-order valence-electron chi connectivity index (χ0n) is 10.7. The van der Waals surface area contributed by atoms with Crippen LogP contribution in [-0.2, 0) is 6.42 Å². The molecule has 0 aromatic heterocycles. The molecule has 0 bridgehead atoms. The first kappa shape index (κ1) is 15.1. The van der Waals surface area contributed by atoms with Crippen LogP contribution < -0.4 is 10.1 Å². The third-order valence-corrected chi connectivity index (χ3v) is 3.67. The summed E-state index contributed by atoms with van der Waals surface area (Å²) in [4.78, 5) is 12.0. The van der Waals surface area contributed by atoms with E-state index in [2.05, 4.69) is 5.32 Å². The number of methoxy groups -OCH3 is 1. The maximum absolute atomic E-state index is 12.0. The second kappa shape index (κ2) is 5.81. The van der Waals surface area contributed by atoms with E-state index in [4.69, 9.17) is 16.3 Å². The average Bonchev–Trinajstić information content (AvgIpc) is 2.33. The fourth-order valence-electron chi connectivity index (χ4n) is 2.38. The van der Waals surface area contributed by atoms with Crippen molar-refractivity contribution in [1.29, 1.82) is 0 Å². The van der Waals surface area contributed by atoms with Crippen molar-refractivity contribution in [3.05, 3.63) is 21.7 Å². The number of carbonyl (C=O) groups is 1. The molecule has 0 unspecified atom stereocenters. The highest BCUT2D eigenvalue weighted by Gasteiger charge is 2.26. The Kier molecular flexibility index (Phi) is 4.88. The third-order valence-electron chi connectivity index (χ3n) is 3.22. The molecule has 0 radical (unpaired) electrons. The highest BCUT2D eigenvalue weighted by Crippen LogP contribution is 2.42. The van der Waals surface area contributed by atoms with Crippen molar-refractivity contribution in [2.75, 3.05) is 19.0 Å². The highest BCUT2D eigenvalue weighted by atomic mass is 35.5. The summed E-state index contributed by atoms with van der Waals surface area (Å²) in [6.07, 6.45) is 1.31. The van der Waals surface area contributed by atoms with Crippen LogP contribution in [0, 0.1) is 6.92 Å². The lowest BCUT2D eigenvalue weighted by Gasteiger charge is -2.25. The summed E-state index contributed by atoms with van der Waals surface area (Å²) in [5.41, 5.74) is 3.44. The summed E-state index contributed by atoms with van der Waals surface area (Å²) in [6, 6.07) is 0. The number of hydrogen-bond donors (Lipinski definition) is 1. The Morgan fingerprint density at radius 1 is 1.44 bits per heavy atom. The van der Waals surface area contributed by atoms with Crippen molar-refractivity contribution in [2.45, 2.75) is 26.7 Å². The third kappa shape index (κ3) is 2.17. The molecule has 0 amide bonds. The first-order valence-corrected chi connectivity index (χ1v) is 6.15. The quantitative estimate of drug-likeness (QED) is 0.903. The molecule has 100 valence electrons. The molecule has 0 spiro atoms. The topological polar surface area (TPSA) is 38.3 Å². The van der Waals surface area contributed by atoms with Crippen molar-refractivity contribution in [3.63, 3.8) is 0 Å². The molecular formula is C13H17Cl2NO2. The number of anilines is 1. The zero-order chi connectivity index (χ0) is 12.6. The van der Waals surface area contributed by atoms with E-state index in [0.29, 0.717) is 23.7 Å². The van der Waals surface area contributed by atoms with Crippen LogP contribution >= 0.6 is 24.0 Å². The fourth-order valence-corrected chi connectivity index (χ4v) is 2.67. The number of fused-ring (bicyclic) bond motifs is 1. The van der Waals surface area contributed by atoms with E-state index < -0.39 is 0 Å². The van der Waals surface area contributed by atoms with Gasteiger partial charge in [0.1, 0.15) is 5.75 Å². The molecule has 2 rings (SSSR count). The molecule has 1 aliphatic heterocycles. The fraction of sp³-hybridized carbons (Fsp3) is 0.462. The van der Waals surface area contributed by atoms with Crippen molar-refractivity contribution in [3.8, 4) is 5.75 Å². The first-order valence-electron chi connectivity index (χ1n) is 5.77. The van der Waals surface area contributed by atoms with Crippen LogP contribution in [0.15, 0.2) is 0 Å². The first-order chi connectivity index (χ1) is 8.11. The minimum atomic E-state index is 0. The molecule has 1 heterocycles. The normalized spacial score (nSPS) is 13.4. The van der Waals surface area contributed by atoms with E-state index in [-0.39, 0.29) is 18.2 Å². The van der Waals surface area contributed by atoms with Gasteiger partial charge in [0.15, 0.2) is 5.78 Å². The second-order valence-corrected chi connectivity index (χ2v) is 4.53. The number of Topliss-reactive ketones (excluding diaryl/α,β-unsaturated/α-hetero) is 1. The Hall–Kier alpha value is -0.930. The van der Waals surface area contributed by atoms with Gasteiger partial charge in [-0.3, -0.25) is 4.79 Å². The van der Waals surface area contributed by atoms with Gasteiger partial charge >= 0.3 is 0 Å². The molecule has 18 heavy (non-hydrogen) atoms. The van der Waals surface area contributed by atoms with E-state index in [1.54, 1.807) is 7.11 Å². The van der Waals surface area contributed by atoms with Gasteiger partial charge in [0.2, 0.25) is 0 Å². The predicted octanol–water partition coefficient (Wildman–Crippen LogP) is 3.64. The minimum absolute atomic E-state index is 0. The van der Waals surface area contributed by atoms with Gasteiger partial charge in [-0.05, 0) is 18.9 Å². The standard InChI is InChI=1S/C13H16ClNO2.ClH/c1-4-8-12-10(9(16)5-6-15-12)7(2)11(14)13(8)17-3;/h15H,4-6H2,1-3H3;1H. The van der Waals surface area contributed by atoms with Crippen molar-refractivity contribution < 1.29 is 9.53 Å². The van der Waals surface area contributed by atoms with E-state index in [1.807, 2.05) is 13.8 Å². The smallest absolute Gasteiger partial charge is 0.167 e. The van der Waals surface area contributed by atoms with Crippen LogP contribution in [0.1, 0.15) is 34.8 Å². The lowest BCUT2D eigenvalue weighted by atomic mass is 9.92. The van der Waals surface area contributed by atoms with Gasteiger partial charge in [-0.1, -0.05) is 18.5 Å². The van der Waals surface area contributed by atoms with Gasteiger partial charge in [0, 0.05) is 24.1 Å². The van der Waals surface area contributed by atoms with Gasteiger partial charge in [0.05, 0.1) is 17.8 Å². The molecule has 1 aromatic rings. The lowest BCUT2D eigenvalue weighted by molar-refractivity contribution is 0.0983. The summed E-state index contributed by atoms with van der Waals surface area (Å²) in [5, 5.41) is 3.85. The summed E-state index contributed by atoms with van der Waals surface area (Å²) in [7, 11) is 1.61. The molecule has 5 heteroatoms. The van der Waals surface area contributed by atoms with Crippen LogP contribution in [0.5, 0.6) is 5.75 Å². The van der Waals surface area contributed by atoms with Gasteiger partial charge in [0.25, 0.3) is 0 Å². The number of hydrogen-bond acceptors (Lipinski definition) is 3. The molecule has 0 aliphatic carbocycles. The molecule has 0 saturated heterocycles. The maximum atomic E-state index is 12.0. The van der Waals surface area contributed by atoms with Crippen LogP contribution in [0.25, 0.3) is 0 Å². The maximum Gasteiger partial charge on any atom is 0.167 e. The Labute approximate surface area is 118 Å². The van der Waals surface area contributed by atoms with Crippen molar-refractivity contribution in [2.24, 2.45) is 0 Å². The van der Waals surface area contributed by atoms with Crippen LogP contribution in [-0.4, -0.2) is 19.4 Å². The molecule has 0 saturated carbocycles. The number of nitrogens with one attached hydrogen (secondary N) is 1. The van der Waals surface area contributed by atoms with Gasteiger partial charge in [-0.15, -0.1) is 12.4 Å². The summed E-state index contributed by atoms with van der Waals surface area (Å²) >= 11 is 6.27. The Bertz CT molecular complexity index is 487. The Morgan fingerprint density at radius 3 is 2.67 bits per heavy atom. The van der Waals surface area contributed by atoms with Crippen LogP contribution in [0.4, 0.5) is 5.69 Å². The number of ketones is 1. The van der Waals surface area contributed by atoms with Gasteiger partial charge < -0.3 is 10.1 Å². The Balaban J connectivity index is 0.00000162. The molecule has 1 aromatic carbocycles. The van der Waals surface area contributed by atoms with Gasteiger partial charge in [-0.2, -0.15) is 0 Å². The second-order valence-electron chi connectivity index (χ2n) is 4.15. The van der Waals surface area contributed by atoms with Crippen LogP contribution in [0.2, 0.25) is 5.02 Å². The highest BCUT2D eigenvalue weighted by molar-refractivity contribution is 6.34. The lowest BCUT2D eigenvalue weighted by Crippen LogP contribution is -2.21. The van der Waals surface area contributed by atoms with E-state index >= 15 is 0 Å². The SMILES string of the molecule is CCc1c2c(c(C)c(Cl)c1OC)C(=O)CCN2.Cl. The number of rotatable bonds is 2. The van der Waals surface area contributed by atoms with Crippen molar-refractivity contribution >= 4 is 35.5 Å². The molecule has 0 fully saturated rings. The predicted molar refractivity (Wildman–Crippen MR) is 76.8 cm³/mol. The summed E-state index contributed by atoms with van der Waals surface area (Å²) < 4.78 is 5.37.